The molecule has 1 aliphatic rings. The molecular weight excluding hydrogens is 405 g/mol. The predicted octanol–water partition coefficient (Wildman–Crippen LogP) is 2.94. The van der Waals surface area contributed by atoms with Gasteiger partial charge in [0.05, 0.1) is 22.7 Å². The van der Waals surface area contributed by atoms with Crippen LogP contribution in [0.1, 0.15) is 23.7 Å². The summed E-state index contributed by atoms with van der Waals surface area (Å²) in [7, 11) is 1.28. The molecule has 116 valence electrons. The fraction of sp³-hybridized carbons (Fsp3) is 0.417. The molecule has 1 amide bonds. The summed E-state index contributed by atoms with van der Waals surface area (Å²) in [5.41, 5.74) is 0.0457. The van der Waals surface area contributed by atoms with E-state index in [2.05, 4.69) is 21.2 Å². The van der Waals surface area contributed by atoms with E-state index in [9.17, 15) is 13.2 Å². The summed E-state index contributed by atoms with van der Waals surface area (Å²) in [6.45, 7) is 2.43. The van der Waals surface area contributed by atoms with Gasteiger partial charge >= 0.3 is 0 Å². The Morgan fingerprint density at radius 3 is 2.67 bits per heavy atom. The summed E-state index contributed by atoms with van der Waals surface area (Å²) < 4.78 is 28.7. The molecule has 0 spiro atoms. The number of hydrogen-bond donors (Lipinski definition) is 1. The van der Waals surface area contributed by atoms with Gasteiger partial charge in [-0.1, -0.05) is 27.5 Å². The molecule has 5 nitrogen and oxygen atoms in total. The number of benzene rings is 1. The zero-order chi connectivity index (χ0) is 15.8. The molecule has 1 aliphatic heterocycles. The minimum absolute atomic E-state index is 0.0457. The third kappa shape index (κ3) is 3.90. The maximum atomic E-state index is 12.3. The van der Waals surface area contributed by atoms with Gasteiger partial charge in [-0.15, -0.1) is 0 Å². The zero-order valence-electron chi connectivity index (χ0n) is 10.9. The number of carbonyl (C=O) groups excluding carboxylic acids is 1. The molecule has 9 heteroatoms. The predicted molar refractivity (Wildman–Crippen MR) is 83.5 cm³/mol. The third-order valence-electron chi connectivity index (χ3n) is 3.20. The Balaban J connectivity index is 2.35. The smallest absolute Gasteiger partial charge is 0.262 e. The Hall–Kier alpha value is -0.340. The highest BCUT2D eigenvalue weighted by molar-refractivity contribution is 9.10. The van der Waals surface area contributed by atoms with E-state index in [0.29, 0.717) is 17.5 Å². The van der Waals surface area contributed by atoms with Gasteiger partial charge in [-0.25, -0.2) is 8.42 Å². The maximum absolute atomic E-state index is 12.3. The van der Waals surface area contributed by atoms with Gasteiger partial charge in [0.25, 0.3) is 15.0 Å². The molecule has 1 heterocycles. The van der Waals surface area contributed by atoms with Crippen LogP contribution in [-0.2, 0) is 13.8 Å². The van der Waals surface area contributed by atoms with Gasteiger partial charge in [0.15, 0.2) is 0 Å². The van der Waals surface area contributed by atoms with Crippen molar-refractivity contribution in [3.63, 3.8) is 0 Å². The summed E-state index contributed by atoms with van der Waals surface area (Å²) in [5, 5.41) is 2.59. The molecule has 1 aromatic carbocycles. The van der Waals surface area contributed by atoms with Crippen molar-refractivity contribution in [3.8, 4) is 0 Å². The van der Waals surface area contributed by atoms with Gasteiger partial charge < -0.3 is 10.1 Å². The summed E-state index contributed by atoms with van der Waals surface area (Å²) in [4.78, 5) is 12.0. The van der Waals surface area contributed by atoms with Crippen LogP contribution in [0.25, 0.3) is 0 Å². The van der Waals surface area contributed by atoms with Crippen molar-refractivity contribution in [1.29, 1.82) is 0 Å². The van der Waals surface area contributed by atoms with E-state index in [-0.39, 0.29) is 27.6 Å². The van der Waals surface area contributed by atoms with Crippen molar-refractivity contribution >= 4 is 53.2 Å². The van der Waals surface area contributed by atoms with Crippen LogP contribution in [0.2, 0.25) is 5.02 Å². The van der Waals surface area contributed by atoms with E-state index < -0.39 is 15.0 Å². The Bertz CT molecular complexity index is 680. The van der Waals surface area contributed by atoms with E-state index >= 15 is 0 Å². The summed E-state index contributed by atoms with van der Waals surface area (Å²) >= 11 is 9.15. The van der Waals surface area contributed by atoms with Gasteiger partial charge in [-0.2, -0.15) is 0 Å². The molecule has 0 aromatic heterocycles. The van der Waals surface area contributed by atoms with Gasteiger partial charge in [-0.05, 0) is 25.5 Å². The van der Waals surface area contributed by atoms with Gasteiger partial charge in [0, 0.05) is 21.8 Å². The minimum atomic E-state index is -4.04. The number of rotatable bonds is 3. The molecule has 1 saturated heterocycles. The van der Waals surface area contributed by atoms with Crippen molar-refractivity contribution < 1.29 is 17.9 Å². The number of amides is 1. The quantitative estimate of drug-likeness (QED) is 0.768. The van der Waals surface area contributed by atoms with Crippen LogP contribution in [-0.4, -0.2) is 33.1 Å². The first-order valence-corrected chi connectivity index (χ1v) is 9.54. The summed E-state index contributed by atoms with van der Waals surface area (Å²) in [6.07, 6.45) is 0.593. The lowest BCUT2D eigenvalue weighted by molar-refractivity contribution is 0.0866. The molecule has 2 atom stereocenters. The van der Waals surface area contributed by atoms with Crippen molar-refractivity contribution in [2.24, 2.45) is 0 Å². The molecule has 1 aromatic rings. The highest BCUT2D eigenvalue weighted by Crippen LogP contribution is 2.32. The first kappa shape index (κ1) is 17.0. The fourth-order valence-electron chi connectivity index (χ4n) is 2.07. The molecule has 1 N–H and O–H groups in total. The average molecular weight is 417 g/mol. The molecule has 2 rings (SSSR count). The molecule has 0 bridgehead atoms. The van der Waals surface area contributed by atoms with E-state index in [1.165, 1.54) is 12.1 Å². The monoisotopic (exact) mass is 415 g/mol. The van der Waals surface area contributed by atoms with Crippen molar-refractivity contribution in [2.45, 2.75) is 30.4 Å². The number of hydrogen-bond acceptors (Lipinski definition) is 4. The molecule has 2 unspecified atom stereocenters. The molecule has 1 fully saturated rings. The Labute approximate surface area is 140 Å². The summed E-state index contributed by atoms with van der Waals surface area (Å²) in [6, 6.07) is 2.57. The lowest BCUT2D eigenvalue weighted by Crippen LogP contribution is -2.39. The SMILES string of the molecule is CC1OCCC1NC(=O)c1cc(Br)cc(S(=O)(=O)Cl)c1Cl. The number of ether oxygens (including phenoxy) is 1. The molecule has 0 aliphatic carbocycles. The third-order valence-corrected chi connectivity index (χ3v) is 5.53. The van der Waals surface area contributed by atoms with Crippen molar-refractivity contribution in [2.75, 3.05) is 6.61 Å². The lowest BCUT2D eigenvalue weighted by atomic mass is 10.1. The standard InChI is InChI=1S/C12H12BrCl2NO4S/c1-6-9(2-3-20-6)16-12(17)8-4-7(13)5-10(11(8)14)21(15,18)19/h4-6,9H,2-3H2,1H3,(H,16,17). The Morgan fingerprint density at radius 2 is 2.14 bits per heavy atom. The molecule has 0 radical (unpaired) electrons. The van der Waals surface area contributed by atoms with E-state index in [0.717, 1.165) is 0 Å². The van der Waals surface area contributed by atoms with E-state index in [1.54, 1.807) is 0 Å². The van der Waals surface area contributed by atoms with E-state index in [1.807, 2.05) is 6.92 Å². The summed E-state index contributed by atoms with van der Waals surface area (Å²) in [5.74, 6) is -0.467. The molecular formula is C12H12BrCl2NO4S. The maximum Gasteiger partial charge on any atom is 0.262 e. The van der Waals surface area contributed by atoms with Crippen LogP contribution in [0.4, 0.5) is 0 Å². The van der Waals surface area contributed by atoms with Gasteiger partial charge in [0.2, 0.25) is 0 Å². The van der Waals surface area contributed by atoms with Gasteiger partial charge in [-0.3, -0.25) is 4.79 Å². The zero-order valence-corrected chi connectivity index (χ0v) is 14.8. The van der Waals surface area contributed by atoms with Gasteiger partial charge in [0.1, 0.15) is 4.90 Å². The number of halogens is 3. The van der Waals surface area contributed by atoms with Crippen molar-refractivity contribution in [1.82, 2.24) is 5.32 Å². The van der Waals surface area contributed by atoms with Crippen LogP contribution in [0.5, 0.6) is 0 Å². The second-order valence-electron chi connectivity index (χ2n) is 4.65. The minimum Gasteiger partial charge on any atom is -0.376 e. The van der Waals surface area contributed by atoms with Crippen LogP contribution in [0.3, 0.4) is 0 Å². The number of carbonyl (C=O) groups is 1. The van der Waals surface area contributed by atoms with E-state index in [4.69, 9.17) is 27.0 Å². The first-order chi connectivity index (χ1) is 9.70. The average Bonchev–Trinajstić information content (AvgIpc) is 2.76. The van der Waals surface area contributed by atoms with Crippen LogP contribution in [0.15, 0.2) is 21.5 Å². The largest absolute Gasteiger partial charge is 0.376 e. The Morgan fingerprint density at radius 1 is 1.48 bits per heavy atom. The van der Waals surface area contributed by atoms with Crippen LogP contribution < -0.4 is 5.32 Å². The lowest BCUT2D eigenvalue weighted by Gasteiger charge is -2.17. The highest BCUT2D eigenvalue weighted by atomic mass is 79.9. The van der Waals surface area contributed by atoms with Crippen LogP contribution in [0, 0.1) is 0 Å². The molecule has 21 heavy (non-hydrogen) atoms. The van der Waals surface area contributed by atoms with Crippen LogP contribution >= 0.6 is 38.2 Å². The fourth-order valence-corrected chi connectivity index (χ4v) is 4.26. The van der Waals surface area contributed by atoms with Crippen molar-refractivity contribution in [3.05, 3.63) is 27.2 Å². The molecule has 0 saturated carbocycles. The second kappa shape index (κ2) is 6.42. The topological polar surface area (TPSA) is 72.5 Å². The highest BCUT2D eigenvalue weighted by Gasteiger charge is 2.28. The Kier molecular flexibility index (Phi) is 5.20. The normalized spacial score (nSPS) is 22.3. The number of nitrogens with one attached hydrogen (secondary N) is 1. The first-order valence-electron chi connectivity index (χ1n) is 6.06. The second-order valence-corrected chi connectivity index (χ2v) is 8.48.